The van der Waals surface area contributed by atoms with E-state index in [0.29, 0.717) is 17.8 Å². The summed E-state index contributed by atoms with van der Waals surface area (Å²) in [5, 5.41) is 6.98. The van der Waals surface area contributed by atoms with Crippen molar-refractivity contribution in [1.82, 2.24) is 15.2 Å². The number of carbonyl (C=O) groups excluding carboxylic acids is 2. The van der Waals surface area contributed by atoms with Crippen molar-refractivity contribution in [3.63, 3.8) is 0 Å². The Morgan fingerprint density at radius 3 is 2.69 bits per heavy atom. The van der Waals surface area contributed by atoms with Crippen LogP contribution in [0.25, 0.3) is 10.9 Å². The summed E-state index contributed by atoms with van der Waals surface area (Å²) >= 11 is 0. The predicted molar refractivity (Wildman–Crippen MR) is 115 cm³/mol. The van der Waals surface area contributed by atoms with Crippen LogP contribution in [-0.2, 0) is 6.42 Å². The average Bonchev–Trinajstić information content (AvgIpc) is 3.40. The Kier molecular flexibility index (Phi) is 5.51. The molecular formula is C23H26N4O2. The lowest BCUT2D eigenvalue weighted by atomic mass is 10.1. The molecule has 2 aromatic carbocycles. The van der Waals surface area contributed by atoms with Gasteiger partial charge in [0.1, 0.15) is 0 Å². The average molecular weight is 390 g/mol. The number of nitrogens with zero attached hydrogens (tertiary/aromatic N) is 1. The lowest BCUT2D eigenvalue weighted by Crippen LogP contribution is -2.33. The van der Waals surface area contributed by atoms with E-state index in [1.54, 1.807) is 6.07 Å². The van der Waals surface area contributed by atoms with Crippen molar-refractivity contribution in [2.45, 2.75) is 26.2 Å². The third-order valence-electron chi connectivity index (χ3n) is 5.49. The maximum atomic E-state index is 12.8. The van der Waals surface area contributed by atoms with Gasteiger partial charge in [-0.05, 0) is 49.4 Å². The molecule has 150 valence electrons. The number of rotatable bonds is 5. The monoisotopic (exact) mass is 390 g/mol. The third kappa shape index (κ3) is 4.11. The van der Waals surface area contributed by atoms with Crippen LogP contribution in [0.2, 0.25) is 0 Å². The normalized spacial score (nSPS) is 13.6. The maximum Gasteiger partial charge on any atom is 0.319 e. The predicted octanol–water partition coefficient (Wildman–Crippen LogP) is 4.08. The molecule has 3 N–H and O–H groups in total. The first-order valence-corrected chi connectivity index (χ1v) is 10.1. The standard InChI is InChI=1S/C23H26N4O2/c1-16-7-6-9-19(22(28)27-13-4-5-14-27)21(16)26-23(29)24-12-11-17-15-25-20-10-3-2-8-18(17)20/h2-3,6-10,15,25H,4-5,11-14H2,1H3,(H2,24,26,29). The molecule has 0 aliphatic carbocycles. The Bertz CT molecular complexity index is 1030. The highest BCUT2D eigenvalue weighted by atomic mass is 16.2. The fraction of sp³-hybridized carbons (Fsp3) is 0.304. The number of amides is 3. The van der Waals surface area contributed by atoms with Gasteiger partial charge in [-0.25, -0.2) is 4.79 Å². The minimum Gasteiger partial charge on any atom is -0.361 e. The Morgan fingerprint density at radius 1 is 1.07 bits per heavy atom. The lowest BCUT2D eigenvalue weighted by molar-refractivity contribution is 0.0794. The van der Waals surface area contributed by atoms with Crippen LogP contribution in [0, 0.1) is 6.92 Å². The van der Waals surface area contributed by atoms with E-state index < -0.39 is 0 Å². The van der Waals surface area contributed by atoms with Crippen LogP contribution in [0.4, 0.5) is 10.5 Å². The Balaban J connectivity index is 1.40. The number of urea groups is 1. The van der Waals surface area contributed by atoms with E-state index >= 15 is 0 Å². The molecular weight excluding hydrogens is 364 g/mol. The van der Waals surface area contributed by atoms with Gasteiger partial charge in [-0.1, -0.05) is 30.3 Å². The molecule has 0 spiro atoms. The van der Waals surface area contributed by atoms with Gasteiger partial charge in [-0.2, -0.15) is 0 Å². The van der Waals surface area contributed by atoms with Crippen LogP contribution in [0.3, 0.4) is 0 Å². The molecule has 1 fully saturated rings. The number of aromatic amines is 1. The fourth-order valence-electron chi connectivity index (χ4n) is 3.91. The van der Waals surface area contributed by atoms with E-state index in [2.05, 4.69) is 21.7 Å². The Labute approximate surface area is 170 Å². The zero-order valence-electron chi connectivity index (χ0n) is 16.6. The van der Waals surface area contributed by atoms with Crippen molar-refractivity contribution >= 4 is 28.5 Å². The quantitative estimate of drug-likeness (QED) is 0.614. The molecule has 1 saturated heterocycles. The lowest BCUT2D eigenvalue weighted by Gasteiger charge is -2.19. The summed E-state index contributed by atoms with van der Waals surface area (Å²) < 4.78 is 0. The van der Waals surface area contributed by atoms with Crippen molar-refractivity contribution in [2.75, 3.05) is 25.0 Å². The maximum absolute atomic E-state index is 12.8. The summed E-state index contributed by atoms with van der Waals surface area (Å²) in [5.74, 6) is -0.0136. The molecule has 0 bridgehead atoms. The van der Waals surface area contributed by atoms with Gasteiger partial charge < -0.3 is 20.5 Å². The number of hydrogen-bond acceptors (Lipinski definition) is 2. The highest BCUT2D eigenvalue weighted by Gasteiger charge is 2.23. The molecule has 0 radical (unpaired) electrons. The second kappa shape index (κ2) is 8.39. The van der Waals surface area contributed by atoms with Crippen molar-refractivity contribution < 1.29 is 9.59 Å². The summed E-state index contributed by atoms with van der Waals surface area (Å²) in [4.78, 5) is 30.4. The molecule has 0 atom stereocenters. The zero-order valence-corrected chi connectivity index (χ0v) is 16.6. The number of aryl methyl sites for hydroxylation is 1. The molecule has 3 amide bonds. The second-order valence-electron chi connectivity index (χ2n) is 7.49. The summed E-state index contributed by atoms with van der Waals surface area (Å²) in [6.45, 7) is 3.98. The number of carbonyl (C=O) groups is 2. The molecule has 0 saturated carbocycles. The Hall–Kier alpha value is -3.28. The van der Waals surface area contributed by atoms with Crippen molar-refractivity contribution in [3.8, 4) is 0 Å². The molecule has 6 nitrogen and oxygen atoms in total. The highest BCUT2D eigenvalue weighted by Crippen LogP contribution is 2.24. The molecule has 2 heterocycles. The van der Waals surface area contributed by atoms with Gasteiger partial charge in [0.15, 0.2) is 0 Å². The third-order valence-corrected chi connectivity index (χ3v) is 5.49. The molecule has 3 aromatic rings. The number of H-pyrrole nitrogens is 1. The smallest absolute Gasteiger partial charge is 0.319 e. The van der Waals surface area contributed by atoms with Crippen molar-refractivity contribution in [3.05, 3.63) is 65.4 Å². The van der Waals surface area contributed by atoms with E-state index in [9.17, 15) is 9.59 Å². The number of fused-ring (bicyclic) bond motifs is 1. The van der Waals surface area contributed by atoms with Crippen molar-refractivity contribution in [1.29, 1.82) is 0 Å². The van der Waals surface area contributed by atoms with Gasteiger partial charge in [0, 0.05) is 36.7 Å². The van der Waals surface area contributed by atoms with Gasteiger partial charge >= 0.3 is 6.03 Å². The first-order valence-electron chi connectivity index (χ1n) is 10.1. The molecule has 6 heteroatoms. The molecule has 1 aliphatic heterocycles. The van der Waals surface area contributed by atoms with E-state index in [0.717, 1.165) is 43.4 Å². The minimum absolute atomic E-state index is 0.0136. The summed E-state index contributed by atoms with van der Waals surface area (Å²) in [5.41, 5.74) is 4.29. The van der Waals surface area contributed by atoms with Crippen LogP contribution < -0.4 is 10.6 Å². The van der Waals surface area contributed by atoms with E-state index in [1.165, 1.54) is 10.9 Å². The van der Waals surface area contributed by atoms with Gasteiger partial charge in [0.25, 0.3) is 5.91 Å². The van der Waals surface area contributed by atoms with Crippen LogP contribution in [0.5, 0.6) is 0 Å². The summed E-state index contributed by atoms with van der Waals surface area (Å²) in [6, 6.07) is 13.4. The van der Waals surface area contributed by atoms with Crippen LogP contribution >= 0.6 is 0 Å². The van der Waals surface area contributed by atoms with Crippen LogP contribution in [-0.4, -0.2) is 41.5 Å². The number of aromatic nitrogens is 1. The Morgan fingerprint density at radius 2 is 1.86 bits per heavy atom. The number of hydrogen-bond donors (Lipinski definition) is 3. The highest BCUT2D eigenvalue weighted by molar-refractivity contribution is 6.04. The topological polar surface area (TPSA) is 77.2 Å². The molecule has 1 aliphatic rings. The minimum atomic E-state index is -0.297. The summed E-state index contributed by atoms with van der Waals surface area (Å²) in [7, 11) is 0. The molecule has 29 heavy (non-hydrogen) atoms. The molecule has 0 unspecified atom stereocenters. The van der Waals surface area contributed by atoms with E-state index in [1.807, 2.05) is 48.4 Å². The van der Waals surface area contributed by atoms with Gasteiger partial charge in [0.05, 0.1) is 11.3 Å². The number of anilines is 1. The molecule has 1 aromatic heterocycles. The largest absolute Gasteiger partial charge is 0.361 e. The van der Waals surface area contributed by atoms with E-state index in [-0.39, 0.29) is 11.9 Å². The first-order chi connectivity index (χ1) is 14.1. The van der Waals surface area contributed by atoms with Crippen molar-refractivity contribution in [2.24, 2.45) is 0 Å². The number of likely N-dealkylation sites (tertiary alicyclic amines) is 1. The van der Waals surface area contributed by atoms with E-state index in [4.69, 9.17) is 0 Å². The number of para-hydroxylation sites is 2. The SMILES string of the molecule is Cc1cccc(C(=O)N2CCCC2)c1NC(=O)NCCc1c[nH]c2ccccc12. The fourth-order valence-corrected chi connectivity index (χ4v) is 3.91. The van der Waals surface area contributed by atoms with Gasteiger partial charge in [0.2, 0.25) is 0 Å². The van der Waals surface area contributed by atoms with Crippen LogP contribution in [0.1, 0.15) is 34.3 Å². The van der Waals surface area contributed by atoms with Gasteiger partial charge in [-0.3, -0.25) is 4.79 Å². The number of benzene rings is 2. The summed E-state index contributed by atoms with van der Waals surface area (Å²) in [6.07, 6.45) is 4.78. The second-order valence-corrected chi connectivity index (χ2v) is 7.49. The number of nitrogens with one attached hydrogen (secondary N) is 3. The van der Waals surface area contributed by atoms with Crippen LogP contribution in [0.15, 0.2) is 48.7 Å². The zero-order chi connectivity index (χ0) is 20.2. The van der Waals surface area contributed by atoms with Gasteiger partial charge in [-0.15, -0.1) is 0 Å². The molecule has 4 rings (SSSR count). The first kappa shape index (κ1) is 19.1.